The summed E-state index contributed by atoms with van der Waals surface area (Å²) >= 11 is 0. The van der Waals surface area contributed by atoms with E-state index in [0.29, 0.717) is 12.1 Å². The molecule has 0 fully saturated rings. The molecule has 0 atom stereocenters. The van der Waals surface area contributed by atoms with Gasteiger partial charge in [-0.15, -0.1) is 0 Å². The molecule has 8 heteroatoms. The number of halogens is 6. The molecule has 0 nitrogen and oxygen atoms in total. The van der Waals surface area contributed by atoms with Crippen molar-refractivity contribution < 1.29 is 24.6 Å². The van der Waals surface area contributed by atoms with Crippen molar-refractivity contribution in [1.29, 1.82) is 0 Å². The minimum atomic E-state index is -6.04. The fourth-order valence-electron chi connectivity index (χ4n) is 1.43. The van der Waals surface area contributed by atoms with Crippen LogP contribution in [0, 0.1) is 13.8 Å². The van der Waals surface area contributed by atoms with Crippen molar-refractivity contribution in [3.05, 3.63) is 23.3 Å². The summed E-state index contributed by atoms with van der Waals surface area (Å²) in [4.78, 5) is 0. The van der Waals surface area contributed by atoms with Crippen molar-refractivity contribution in [3.63, 3.8) is 0 Å². The lowest BCUT2D eigenvalue weighted by Gasteiger charge is -2.14. The molecule has 0 bridgehead atoms. The Hall–Kier alpha value is -0.766. The largest absolute Gasteiger partial charge is 0.653 e. The molecule has 0 radical (unpaired) electrons. The highest BCUT2D eigenvalue weighted by Crippen LogP contribution is 2.17. The van der Waals surface area contributed by atoms with Crippen LogP contribution in [0.2, 0.25) is 0 Å². The first kappa shape index (κ1) is 13.3. The third-order valence-electron chi connectivity index (χ3n) is 2.40. The van der Waals surface area contributed by atoms with Crippen LogP contribution in [0.4, 0.5) is 24.6 Å². The van der Waals surface area contributed by atoms with Gasteiger partial charge in [-0.25, -0.2) is 24.6 Å². The Labute approximate surface area is 91.0 Å². The molecule has 90 valence electrons. The summed E-state index contributed by atoms with van der Waals surface area (Å²) in [6.45, 7) is 2.18. The van der Waals surface area contributed by atoms with Crippen molar-refractivity contribution in [2.45, 2.75) is 13.8 Å². The number of hydrogen-bond donors (Lipinski definition) is 0. The van der Waals surface area contributed by atoms with E-state index in [1.807, 2.05) is 0 Å². The standard InChI is InChI=1S/C8H8F6Si2/c1-5-6(2)8(16(12,13)14)4-3-7(5)15(9,10)11/h3-4H,1-2H3. The Kier molecular flexibility index (Phi) is 3.25. The van der Waals surface area contributed by atoms with Crippen molar-refractivity contribution in [3.8, 4) is 0 Å². The van der Waals surface area contributed by atoms with Gasteiger partial charge in [0.15, 0.2) is 0 Å². The van der Waals surface area contributed by atoms with Gasteiger partial charge in [0.05, 0.1) is 0 Å². The predicted molar refractivity (Wildman–Crippen MR) is 53.3 cm³/mol. The van der Waals surface area contributed by atoms with Crippen LogP contribution in [0.3, 0.4) is 0 Å². The van der Waals surface area contributed by atoms with Crippen LogP contribution in [-0.2, 0) is 0 Å². The van der Waals surface area contributed by atoms with E-state index in [1.54, 1.807) is 0 Å². The highest BCUT2D eigenvalue weighted by Gasteiger charge is 2.45. The van der Waals surface area contributed by atoms with Crippen molar-refractivity contribution in [1.82, 2.24) is 0 Å². The molecule has 1 aromatic rings. The molecule has 16 heavy (non-hydrogen) atoms. The SMILES string of the molecule is Cc1c([Si](F)(F)F)ccc([Si](F)(F)F)c1C. The molecular weight excluding hydrogens is 266 g/mol. The van der Waals surface area contributed by atoms with Crippen LogP contribution >= 0.6 is 0 Å². The van der Waals surface area contributed by atoms with Gasteiger partial charge in [0.25, 0.3) is 0 Å². The van der Waals surface area contributed by atoms with E-state index in [4.69, 9.17) is 0 Å². The monoisotopic (exact) mass is 274 g/mol. The van der Waals surface area contributed by atoms with Gasteiger partial charge < -0.3 is 0 Å². The van der Waals surface area contributed by atoms with E-state index < -0.39 is 28.5 Å². The lowest BCUT2D eigenvalue weighted by Crippen LogP contribution is -2.42. The van der Waals surface area contributed by atoms with Crippen LogP contribution < -0.4 is 10.4 Å². The van der Waals surface area contributed by atoms with Crippen molar-refractivity contribution in [2.75, 3.05) is 0 Å². The molecule has 0 amide bonds. The molecule has 0 unspecified atom stereocenters. The first-order valence-electron chi connectivity index (χ1n) is 4.29. The zero-order chi connectivity index (χ0) is 12.7. The summed E-state index contributed by atoms with van der Waals surface area (Å²) in [6, 6.07) is 1.12. The zero-order valence-corrected chi connectivity index (χ0v) is 10.4. The van der Waals surface area contributed by atoms with E-state index in [-0.39, 0.29) is 11.1 Å². The highest BCUT2D eigenvalue weighted by atomic mass is 28.5. The quantitative estimate of drug-likeness (QED) is 0.441. The van der Waals surface area contributed by atoms with E-state index in [9.17, 15) is 24.6 Å². The van der Waals surface area contributed by atoms with E-state index in [2.05, 4.69) is 0 Å². The van der Waals surface area contributed by atoms with Gasteiger partial charge in [-0.05, 0) is 25.0 Å². The molecule has 0 aliphatic carbocycles. The van der Waals surface area contributed by atoms with Gasteiger partial charge >= 0.3 is 18.2 Å². The molecule has 0 N–H and O–H groups in total. The fraction of sp³-hybridized carbons (Fsp3) is 0.250. The molecule has 0 aliphatic rings. The molecule has 0 saturated carbocycles. The van der Waals surface area contributed by atoms with Gasteiger partial charge in [-0.1, -0.05) is 12.1 Å². The first-order chi connectivity index (χ1) is 7.05. The smallest absolute Gasteiger partial charge is 0.234 e. The summed E-state index contributed by atoms with van der Waals surface area (Å²) in [5.74, 6) is 0. The second kappa shape index (κ2) is 3.91. The Morgan fingerprint density at radius 2 is 0.938 bits per heavy atom. The molecule has 0 aliphatic heterocycles. The lowest BCUT2D eigenvalue weighted by molar-refractivity contribution is 0.496. The maximum atomic E-state index is 12.5. The van der Waals surface area contributed by atoms with Gasteiger partial charge in [0.2, 0.25) is 0 Å². The third-order valence-corrected chi connectivity index (χ3v) is 4.70. The van der Waals surface area contributed by atoms with Gasteiger partial charge in [-0.3, -0.25) is 0 Å². The number of rotatable bonds is 2. The number of benzene rings is 1. The average Bonchev–Trinajstić information content (AvgIpc) is 2.05. The summed E-state index contributed by atoms with van der Waals surface area (Å²) in [7, 11) is -12.1. The van der Waals surface area contributed by atoms with Crippen LogP contribution in [0.15, 0.2) is 12.1 Å². The maximum Gasteiger partial charge on any atom is 0.653 e. The van der Waals surface area contributed by atoms with Crippen LogP contribution in [-0.4, -0.2) is 18.2 Å². The molecule has 0 saturated heterocycles. The van der Waals surface area contributed by atoms with Crippen LogP contribution in [0.5, 0.6) is 0 Å². The highest BCUT2D eigenvalue weighted by molar-refractivity contribution is 6.76. The Morgan fingerprint density at radius 3 is 1.12 bits per heavy atom. The minimum absolute atomic E-state index is 0.290. The van der Waals surface area contributed by atoms with Crippen molar-refractivity contribution >= 4 is 28.5 Å². The average molecular weight is 274 g/mol. The predicted octanol–water partition coefficient (Wildman–Crippen LogP) is 2.41. The molecule has 0 aromatic heterocycles. The molecule has 0 spiro atoms. The Balaban J connectivity index is 3.41. The fourth-order valence-corrected chi connectivity index (χ4v) is 3.20. The Morgan fingerprint density at radius 1 is 0.688 bits per heavy atom. The number of hydrogen-bond acceptors (Lipinski definition) is 0. The molecular formula is C8H8F6Si2. The topological polar surface area (TPSA) is 0 Å². The van der Waals surface area contributed by atoms with E-state index >= 15 is 0 Å². The first-order valence-corrected chi connectivity index (χ1v) is 7.56. The second-order valence-corrected chi connectivity index (χ2v) is 6.47. The Bertz CT molecular complexity index is 367. The molecule has 1 rings (SSSR count). The summed E-state index contributed by atoms with van der Waals surface area (Å²) in [5, 5.41) is -1.74. The van der Waals surface area contributed by atoms with Gasteiger partial charge in [-0.2, -0.15) is 0 Å². The second-order valence-electron chi connectivity index (χ2n) is 3.41. The van der Waals surface area contributed by atoms with E-state index in [0.717, 1.165) is 13.8 Å². The van der Waals surface area contributed by atoms with Gasteiger partial charge in [0, 0.05) is 10.4 Å². The third kappa shape index (κ3) is 2.48. The van der Waals surface area contributed by atoms with Crippen molar-refractivity contribution in [2.24, 2.45) is 0 Å². The van der Waals surface area contributed by atoms with Crippen LogP contribution in [0.25, 0.3) is 0 Å². The summed E-state index contributed by atoms with van der Waals surface area (Å²) in [6.07, 6.45) is 0. The lowest BCUT2D eigenvalue weighted by atomic mass is 10.1. The maximum absolute atomic E-state index is 12.5. The minimum Gasteiger partial charge on any atom is -0.234 e. The van der Waals surface area contributed by atoms with Gasteiger partial charge in [0.1, 0.15) is 0 Å². The summed E-state index contributed by atoms with van der Waals surface area (Å²) in [5.41, 5.74) is -0.581. The molecule has 1 aromatic carbocycles. The zero-order valence-electron chi connectivity index (χ0n) is 8.42. The summed E-state index contributed by atoms with van der Waals surface area (Å²) < 4.78 is 75.2. The molecule has 0 heterocycles. The van der Waals surface area contributed by atoms with Crippen LogP contribution in [0.1, 0.15) is 11.1 Å². The van der Waals surface area contributed by atoms with E-state index in [1.165, 1.54) is 0 Å². The normalized spacial score (nSPS) is 13.0.